The van der Waals surface area contributed by atoms with Gasteiger partial charge in [0.2, 0.25) is 5.52 Å². The van der Waals surface area contributed by atoms with E-state index in [0.717, 1.165) is 0 Å². The average Bonchev–Trinajstić information content (AvgIpc) is 2.86. The van der Waals surface area contributed by atoms with Crippen LogP contribution in [-0.2, 0) is 4.79 Å². The molecule has 2 N–H and O–H groups in total. The van der Waals surface area contributed by atoms with Crippen molar-refractivity contribution in [1.82, 2.24) is 10.3 Å². The number of anilines is 1. The molecular weight excluding hydrogens is 268 g/mol. The fourth-order valence-corrected chi connectivity index (χ4v) is 1.77. The molecule has 9 nitrogen and oxygen atoms in total. The Morgan fingerprint density at radius 1 is 1.35 bits per heavy atom. The topological polar surface area (TPSA) is 131 Å². The van der Waals surface area contributed by atoms with Gasteiger partial charge in [0.25, 0.3) is 0 Å². The standard InChI is InChI=1S/C11H12N4O5/c16-9(17)3-1-2-6-12-7-4-5-8(15(18)19)11-10(7)13-20-14-11/h4-5,12H,1-3,6H2,(H,16,17). The van der Waals surface area contributed by atoms with Crippen LogP contribution in [0, 0.1) is 10.1 Å². The molecule has 1 aromatic heterocycles. The van der Waals surface area contributed by atoms with E-state index in [9.17, 15) is 14.9 Å². The smallest absolute Gasteiger partial charge is 0.303 e. The van der Waals surface area contributed by atoms with E-state index in [1.54, 1.807) is 0 Å². The number of rotatable bonds is 7. The van der Waals surface area contributed by atoms with E-state index < -0.39 is 10.9 Å². The minimum Gasteiger partial charge on any atom is -0.481 e. The molecule has 1 heterocycles. The van der Waals surface area contributed by atoms with Gasteiger partial charge in [0.05, 0.1) is 10.6 Å². The maximum absolute atomic E-state index is 10.8. The summed E-state index contributed by atoms with van der Waals surface area (Å²) in [6.45, 7) is 0.535. The van der Waals surface area contributed by atoms with Gasteiger partial charge in [-0.3, -0.25) is 14.9 Å². The van der Waals surface area contributed by atoms with Crippen LogP contribution in [0.1, 0.15) is 19.3 Å². The Labute approximate surface area is 112 Å². The summed E-state index contributed by atoms with van der Waals surface area (Å²) in [4.78, 5) is 20.6. The van der Waals surface area contributed by atoms with Crippen molar-refractivity contribution in [3.05, 3.63) is 22.2 Å². The Bertz CT molecular complexity index is 639. The van der Waals surface area contributed by atoms with Crippen molar-refractivity contribution in [2.45, 2.75) is 19.3 Å². The molecule has 1 aromatic carbocycles. The second-order valence-electron chi connectivity index (χ2n) is 4.13. The van der Waals surface area contributed by atoms with Crippen molar-refractivity contribution >= 4 is 28.4 Å². The summed E-state index contributed by atoms with van der Waals surface area (Å²) in [7, 11) is 0. The Morgan fingerprint density at radius 3 is 2.80 bits per heavy atom. The Kier molecular flexibility index (Phi) is 4.08. The van der Waals surface area contributed by atoms with Crippen LogP contribution in [0.5, 0.6) is 0 Å². The third-order valence-electron chi connectivity index (χ3n) is 2.72. The highest BCUT2D eigenvalue weighted by atomic mass is 16.6. The largest absolute Gasteiger partial charge is 0.481 e. The molecule has 0 spiro atoms. The first-order valence-corrected chi connectivity index (χ1v) is 5.95. The molecule has 2 aromatic rings. The lowest BCUT2D eigenvalue weighted by atomic mass is 10.2. The summed E-state index contributed by atoms with van der Waals surface area (Å²) in [5.74, 6) is -0.830. The van der Waals surface area contributed by atoms with Gasteiger partial charge in [0.15, 0.2) is 5.52 Å². The molecule has 0 radical (unpaired) electrons. The monoisotopic (exact) mass is 280 g/mol. The van der Waals surface area contributed by atoms with E-state index in [-0.39, 0.29) is 23.1 Å². The Balaban J connectivity index is 2.04. The molecule has 0 fully saturated rings. The van der Waals surface area contributed by atoms with E-state index >= 15 is 0 Å². The number of carboxylic acid groups (broad SMARTS) is 1. The van der Waals surface area contributed by atoms with E-state index in [0.29, 0.717) is 25.1 Å². The van der Waals surface area contributed by atoms with Crippen LogP contribution in [0.2, 0.25) is 0 Å². The number of nitrogens with one attached hydrogen (secondary N) is 1. The minimum absolute atomic E-state index is 0.0885. The SMILES string of the molecule is O=C(O)CCCCNc1ccc([N+](=O)[O-])c2nonc12. The molecule has 0 atom stereocenters. The van der Waals surface area contributed by atoms with Crippen LogP contribution >= 0.6 is 0 Å². The summed E-state index contributed by atoms with van der Waals surface area (Å²) in [6, 6.07) is 2.86. The number of nitro groups is 1. The van der Waals surface area contributed by atoms with Crippen molar-refractivity contribution < 1.29 is 19.5 Å². The molecule has 0 aliphatic heterocycles. The van der Waals surface area contributed by atoms with E-state index in [1.807, 2.05) is 0 Å². The van der Waals surface area contributed by atoms with Crippen LogP contribution in [0.15, 0.2) is 16.8 Å². The van der Waals surface area contributed by atoms with Gasteiger partial charge < -0.3 is 10.4 Å². The summed E-state index contributed by atoms with van der Waals surface area (Å²) < 4.78 is 4.53. The number of hydrogen-bond donors (Lipinski definition) is 2. The molecule has 0 saturated carbocycles. The number of hydrogen-bond acceptors (Lipinski definition) is 7. The van der Waals surface area contributed by atoms with Gasteiger partial charge >= 0.3 is 11.7 Å². The van der Waals surface area contributed by atoms with Crippen LogP contribution < -0.4 is 5.32 Å². The van der Waals surface area contributed by atoms with Gasteiger partial charge in [0, 0.05) is 19.0 Å². The van der Waals surface area contributed by atoms with Gasteiger partial charge in [-0.05, 0) is 29.2 Å². The summed E-state index contributed by atoms with van der Waals surface area (Å²) in [5.41, 5.74) is 0.780. The molecule has 106 valence electrons. The zero-order valence-electron chi connectivity index (χ0n) is 10.4. The number of non-ortho nitro benzene ring substituents is 1. The number of fused-ring (bicyclic) bond motifs is 1. The molecule has 0 aliphatic carbocycles. The van der Waals surface area contributed by atoms with Gasteiger partial charge in [-0.15, -0.1) is 0 Å². The third kappa shape index (κ3) is 2.99. The van der Waals surface area contributed by atoms with Gasteiger partial charge in [0.1, 0.15) is 0 Å². The average molecular weight is 280 g/mol. The van der Waals surface area contributed by atoms with Crippen LogP contribution in [-0.4, -0.2) is 32.9 Å². The van der Waals surface area contributed by atoms with Crippen molar-refractivity contribution in [3.63, 3.8) is 0 Å². The minimum atomic E-state index is -0.830. The predicted octanol–water partition coefficient (Wildman–Crippen LogP) is 1.80. The number of unbranched alkanes of at least 4 members (excludes halogenated alkanes) is 1. The summed E-state index contributed by atoms with van der Waals surface area (Å²) in [6.07, 6.45) is 1.33. The fourth-order valence-electron chi connectivity index (χ4n) is 1.77. The first-order valence-electron chi connectivity index (χ1n) is 5.95. The lowest BCUT2D eigenvalue weighted by Gasteiger charge is -2.05. The third-order valence-corrected chi connectivity index (χ3v) is 2.72. The lowest BCUT2D eigenvalue weighted by molar-refractivity contribution is -0.383. The van der Waals surface area contributed by atoms with Crippen molar-refractivity contribution in [2.24, 2.45) is 0 Å². The molecule has 0 saturated heterocycles. The highest BCUT2D eigenvalue weighted by Crippen LogP contribution is 2.28. The Hall–Kier alpha value is -2.71. The van der Waals surface area contributed by atoms with E-state index in [1.165, 1.54) is 12.1 Å². The van der Waals surface area contributed by atoms with Gasteiger partial charge in [-0.2, -0.15) is 0 Å². The molecule has 0 amide bonds. The van der Waals surface area contributed by atoms with Gasteiger partial charge in [-0.1, -0.05) is 0 Å². The van der Waals surface area contributed by atoms with Crippen LogP contribution in [0.3, 0.4) is 0 Å². The van der Waals surface area contributed by atoms with Crippen LogP contribution in [0.25, 0.3) is 11.0 Å². The first-order chi connectivity index (χ1) is 9.59. The Morgan fingerprint density at radius 2 is 2.10 bits per heavy atom. The second-order valence-corrected chi connectivity index (χ2v) is 4.13. The molecular formula is C11H12N4O5. The maximum atomic E-state index is 10.8. The quantitative estimate of drug-likeness (QED) is 0.445. The zero-order chi connectivity index (χ0) is 14.5. The fraction of sp³-hybridized carbons (Fsp3) is 0.364. The zero-order valence-corrected chi connectivity index (χ0v) is 10.4. The number of carboxylic acids is 1. The normalized spacial score (nSPS) is 10.6. The number of aliphatic carboxylic acids is 1. The maximum Gasteiger partial charge on any atom is 0.303 e. The summed E-state index contributed by atoms with van der Waals surface area (Å²) >= 11 is 0. The number of aromatic nitrogens is 2. The van der Waals surface area contributed by atoms with Crippen molar-refractivity contribution in [2.75, 3.05) is 11.9 Å². The molecule has 0 bridgehead atoms. The van der Waals surface area contributed by atoms with Crippen LogP contribution in [0.4, 0.5) is 11.4 Å². The molecule has 0 unspecified atom stereocenters. The number of nitrogens with zero attached hydrogens (tertiary/aromatic N) is 3. The molecule has 2 rings (SSSR count). The van der Waals surface area contributed by atoms with Gasteiger partial charge in [-0.25, -0.2) is 4.63 Å². The number of carbonyl (C=O) groups is 1. The van der Waals surface area contributed by atoms with E-state index in [4.69, 9.17) is 5.11 Å². The first kappa shape index (κ1) is 13.7. The molecule has 20 heavy (non-hydrogen) atoms. The predicted molar refractivity (Wildman–Crippen MR) is 68.4 cm³/mol. The van der Waals surface area contributed by atoms with E-state index in [2.05, 4.69) is 20.3 Å². The second kappa shape index (κ2) is 5.95. The molecule has 9 heteroatoms. The van der Waals surface area contributed by atoms with Crippen molar-refractivity contribution in [1.29, 1.82) is 0 Å². The van der Waals surface area contributed by atoms with Crippen molar-refractivity contribution in [3.8, 4) is 0 Å². The highest BCUT2D eigenvalue weighted by Gasteiger charge is 2.19. The highest BCUT2D eigenvalue weighted by molar-refractivity contribution is 5.93. The number of benzene rings is 1. The summed E-state index contributed by atoms with van der Waals surface area (Å²) in [5, 5.41) is 29.5. The number of nitro benzene ring substituents is 1. The lowest BCUT2D eigenvalue weighted by Crippen LogP contribution is -2.04. The molecule has 0 aliphatic rings.